The molecule has 1 aromatic carbocycles. The molecule has 4 heteroatoms. The molecule has 4 nitrogen and oxygen atoms in total. The summed E-state index contributed by atoms with van der Waals surface area (Å²) >= 11 is 0. The molecule has 0 saturated carbocycles. The lowest BCUT2D eigenvalue weighted by Crippen LogP contribution is -2.20. The van der Waals surface area contributed by atoms with E-state index in [2.05, 4.69) is 41.6 Å². The lowest BCUT2D eigenvalue weighted by Gasteiger charge is -2.25. The number of hydrogen-bond donors (Lipinski definition) is 0. The second-order valence-corrected chi connectivity index (χ2v) is 5.89. The van der Waals surface area contributed by atoms with Crippen LogP contribution in [0.15, 0.2) is 24.4 Å². The molecule has 0 aliphatic carbocycles. The van der Waals surface area contributed by atoms with Crippen LogP contribution in [-0.4, -0.2) is 27.7 Å². The Kier molecular flexibility index (Phi) is 4.62. The third-order valence-corrected chi connectivity index (χ3v) is 4.40. The van der Waals surface area contributed by atoms with Gasteiger partial charge >= 0.3 is 0 Å². The van der Waals surface area contributed by atoms with Crippen molar-refractivity contribution < 1.29 is 4.74 Å². The van der Waals surface area contributed by atoms with Crippen molar-refractivity contribution in [2.45, 2.75) is 46.6 Å². The van der Waals surface area contributed by atoms with E-state index in [0.29, 0.717) is 6.04 Å². The van der Waals surface area contributed by atoms with Gasteiger partial charge in [0.15, 0.2) is 0 Å². The number of hydrogen-bond acceptors (Lipinski definition) is 3. The molecule has 0 spiro atoms. The summed E-state index contributed by atoms with van der Waals surface area (Å²) in [5.41, 5.74) is 4.53. The molecule has 3 aromatic rings. The van der Waals surface area contributed by atoms with Crippen LogP contribution in [0.1, 0.15) is 44.1 Å². The summed E-state index contributed by atoms with van der Waals surface area (Å²) in [6.45, 7) is 9.90. The van der Waals surface area contributed by atoms with Crippen molar-refractivity contribution in [2.75, 3.05) is 13.2 Å². The fourth-order valence-corrected chi connectivity index (χ4v) is 3.40. The van der Waals surface area contributed by atoms with E-state index in [4.69, 9.17) is 9.72 Å². The van der Waals surface area contributed by atoms with Crippen molar-refractivity contribution in [1.82, 2.24) is 14.5 Å². The minimum atomic E-state index is 0.481. The minimum Gasteiger partial charge on any atom is -0.381 e. The molecule has 23 heavy (non-hydrogen) atoms. The Bertz CT molecular complexity index is 816. The van der Waals surface area contributed by atoms with Gasteiger partial charge in [-0.2, -0.15) is 0 Å². The van der Waals surface area contributed by atoms with Gasteiger partial charge in [0.1, 0.15) is 11.3 Å². The summed E-state index contributed by atoms with van der Waals surface area (Å²) in [5, 5.41) is 1.21. The standard InChI is InChI=1S/C17H19N3O.C2H6/c1-11-3-4-15-14(9-11)17-16(10-18-15)19-12(2)20(17)13-5-7-21-8-6-13;1-2/h3-4,9-10,13H,5-8H2,1-2H3;1-2H3. The molecule has 0 bridgehead atoms. The van der Waals surface area contributed by atoms with Crippen LogP contribution >= 0.6 is 0 Å². The maximum atomic E-state index is 5.51. The molecule has 4 rings (SSSR count). The largest absolute Gasteiger partial charge is 0.381 e. The van der Waals surface area contributed by atoms with Crippen LogP contribution < -0.4 is 0 Å². The first kappa shape index (κ1) is 15.9. The highest BCUT2D eigenvalue weighted by atomic mass is 16.5. The highest BCUT2D eigenvalue weighted by Crippen LogP contribution is 2.31. The van der Waals surface area contributed by atoms with E-state index >= 15 is 0 Å². The van der Waals surface area contributed by atoms with Gasteiger partial charge in [-0.15, -0.1) is 0 Å². The summed E-state index contributed by atoms with van der Waals surface area (Å²) in [5.74, 6) is 1.08. The van der Waals surface area contributed by atoms with E-state index in [1.54, 1.807) is 0 Å². The number of benzene rings is 1. The molecule has 1 aliphatic rings. The third-order valence-electron chi connectivity index (χ3n) is 4.40. The molecule has 0 atom stereocenters. The van der Waals surface area contributed by atoms with Crippen LogP contribution in [0.4, 0.5) is 0 Å². The third kappa shape index (κ3) is 2.83. The van der Waals surface area contributed by atoms with Crippen LogP contribution in [0.25, 0.3) is 21.9 Å². The molecule has 1 saturated heterocycles. The van der Waals surface area contributed by atoms with E-state index < -0.39 is 0 Å². The van der Waals surface area contributed by atoms with Crippen molar-refractivity contribution in [3.05, 3.63) is 35.8 Å². The summed E-state index contributed by atoms with van der Waals surface area (Å²) in [6, 6.07) is 6.92. The predicted octanol–water partition coefficient (Wildman–Crippen LogP) is 4.58. The minimum absolute atomic E-state index is 0.481. The lowest BCUT2D eigenvalue weighted by atomic mass is 10.1. The number of imidazole rings is 1. The Morgan fingerprint density at radius 3 is 2.57 bits per heavy atom. The van der Waals surface area contributed by atoms with Gasteiger partial charge in [-0.25, -0.2) is 4.98 Å². The molecule has 2 aromatic heterocycles. The van der Waals surface area contributed by atoms with Crippen molar-refractivity contribution in [2.24, 2.45) is 0 Å². The maximum absolute atomic E-state index is 5.51. The zero-order valence-electron chi connectivity index (χ0n) is 14.5. The number of ether oxygens (including phenoxy) is 1. The van der Waals surface area contributed by atoms with Gasteiger partial charge in [-0.3, -0.25) is 4.98 Å². The van der Waals surface area contributed by atoms with Gasteiger partial charge in [0, 0.05) is 24.6 Å². The molecular formula is C19H25N3O. The molecule has 1 fully saturated rings. The zero-order chi connectivity index (χ0) is 16.4. The first-order valence-electron chi connectivity index (χ1n) is 8.55. The summed E-state index contributed by atoms with van der Waals surface area (Å²) < 4.78 is 7.91. The summed E-state index contributed by atoms with van der Waals surface area (Å²) in [6.07, 6.45) is 4.01. The molecule has 1 aliphatic heterocycles. The van der Waals surface area contributed by atoms with Crippen LogP contribution in [-0.2, 0) is 4.74 Å². The number of nitrogens with zero attached hydrogens (tertiary/aromatic N) is 3. The molecule has 0 N–H and O–H groups in total. The van der Waals surface area contributed by atoms with Crippen LogP contribution in [0, 0.1) is 13.8 Å². The smallest absolute Gasteiger partial charge is 0.108 e. The fourth-order valence-electron chi connectivity index (χ4n) is 3.40. The zero-order valence-corrected chi connectivity index (χ0v) is 14.5. The Labute approximate surface area is 137 Å². The van der Waals surface area contributed by atoms with E-state index in [-0.39, 0.29) is 0 Å². The van der Waals surface area contributed by atoms with Gasteiger partial charge in [-0.05, 0) is 38.8 Å². The highest BCUT2D eigenvalue weighted by Gasteiger charge is 2.21. The van der Waals surface area contributed by atoms with Crippen molar-refractivity contribution in [1.29, 1.82) is 0 Å². The number of aromatic nitrogens is 3. The molecule has 0 amide bonds. The molecular weight excluding hydrogens is 286 g/mol. The number of fused-ring (bicyclic) bond motifs is 3. The Morgan fingerprint density at radius 1 is 1.09 bits per heavy atom. The summed E-state index contributed by atoms with van der Waals surface area (Å²) in [7, 11) is 0. The second-order valence-electron chi connectivity index (χ2n) is 5.89. The molecule has 0 radical (unpaired) electrons. The fraction of sp³-hybridized carbons (Fsp3) is 0.474. The van der Waals surface area contributed by atoms with Gasteiger partial charge < -0.3 is 9.30 Å². The Morgan fingerprint density at radius 2 is 1.83 bits per heavy atom. The van der Waals surface area contributed by atoms with Crippen LogP contribution in [0.5, 0.6) is 0 Å². The van der Waals surface area contributed by atoms with Crippen LogP contribution in [0.3, 0.4) is 0 Å². The predicted molar refractivity (Wildman–Crippen MR) is 94.9 cm³/mol. The Hall–Kier alpha value is -1.94. The SMILES string of the molecule is CC.Cc1ccc2ncc3nc(C)n(C4CCOCC4)c3c2c1. The summed E-state index contributed by atoms with van der Waals surface area (Å²) in [4.78, 5) is 9.28. The highest BCUT2D eigenvalue weighted by molar-refractivity contribution is 6.02. The number of rotatable bonds is 1. The van der Waals surface area contributed by atoms with Crippen LogP contribution in [0.2, 0.25) is 0 Å². The van der Waals surface area contributed by atoms with Gasteiger partial charge in [-0.1, -0.05) is 25.5 Å². The topological polar surface area (TPSA) is 39.9 Å². The van der Waals surface area contributed by atoms with Gasteiger partial charge in [0.05, 0.1) is 17.2 Å². The average molecular weight is 311 g/mol. The number of pyridine rings is 1. The van der Waals surface area contributed by atoms with E-state index in [1.807, 2.05) is 20.0 Å². The van der Waals surface area contributed by atoms with E-state index in [0.717, 1.165) is 42.9 Å². The lowest BCUT2D eigenvalue weighted by molar-refractivity contribution is 0.0701. The van der Waals surface area contributed by atoms with Crippen molar-refractivity contribution >= 4 is 21.9 Å². The van der Waals surface area contributed by atoms with E-state index in [9.17, 15) is 0 Å². The molecule has 3 heterocycles. The van der Waals surface area contributed by atoms with Crippen molar-refractivity contribution in [3.8, 4) is 0 Å². The monoisotopic (exact) mass is 311 g/mol. The average Bonchev–Trinajstić information content (AvgIpc) is 2.94. The quantitative estimate of drug-likeness (QED) is 0.660. The first-order chi connectivity index (χ1) is 11.2. The van der Waals surface area contributed by atoms with E-state index in [1.165, 1.54) is 16.5 Å². The number of aryl methyl sites for hydroxylation is 2. The maximum Gasteiger partial charge on any atom is 0.108 e. The molecule has 122 valence electrons. The van der Waals surface area contributed by atoms with Gasteiger partial charge in [0.25, 0.3) is 0 Å². The first-order valence-corrected chi connectivity index (χ1v) is 8.55. The van der Waals surface area contributed by atoms with Crippen molar-refractivity contribution in [3.63, 3.8) is 0 Å². The Balaban J connectivity index is 0.000000753. The van der Waals surface area contributed by atoms with Gasteiger partial charge in [0.2, 0.25) is 0 Å². The normalized spacial score (nSPS) is 15.7. The second kappa shape index (κ2) is 6.67. The molecule has 0 unspecified atom stereocenters.